The first-order valence-corrected chi connectivity index (χ1v) is 6.26. The van der Waals surface area contributed by atoms with Crippen molar-refractivity contribution in [3.8, 4) is 6.07 Å². The lowest BCUT2D eigenvalue weighted by Gasteiger charge is -2.27. The minimum Gasteiger partial charge on any atom is -0.395 e. The summed E-state index contributed by atoms with van der Waals surface area (Å²) in [5.41, 5.74) is 0. The summed E-state index contributed by atoms with van der Waals surface area (Å²) in [5, 5.41) is 20.4. The van der Waals surface area contributed by atoms with Gasteiger partial charge < -0.3 is 10.4 Å². The molecular weight excluding hydrogens is 218 g/mol. The van der Waals surface area contributed by atoms with Gasteiger partial charge in [0, 0.05) is 12.6 Å². The van der Waals surface area contributed by atoms with E-state index in [1.165, 1.54) is 6.42 Å². The van der Waals surface area contributed by atoms with E-state index in [4.69, 9.17) is 5.26 Å². The number of nitriles is 1. The fraction of sp³-hybridized carbons (Fsp3) is 0.833. The van der Waals surface area contributed by atoms with E-state index in [-0.39, 0.29) is 18.6 Å². The maximum atomic E-state index is 11.6. The van der Waals surface area contributed by atoms with E-state index in [2.05, 4.69) is 10.2 Å². The predicted molar refractivity (Wildman–Crippen MR) is 64.2 cm³/mol. The van der Waals surface area contributed by atoms with Crippen molar-refractivity contribution in [1.82, 2.24) is 10.2 Å². The number of hydrogen-bond donors (Lipinski definition) is 2. The number of rotatable bonds is 5. The molecule has 1 rings (SSSR count). The lowest BCUT2D eigenvalue weighted by molar-refractivity contribution is -0.122. The van der Waals surface area contributed by atoms with Gasteiger partial charge in [-0.3, -0.25) is 9.69 Å². The van der Waals surface area contributed by atoms with Gasteiger partial charge in [0.25, 0.3) is 0 Å². The fourth-order valence-electron chi connectivity index (χ4n) is 2.15. The predicted octanol–water partition coefficient (Wildman–Crippen LogP) is 0.253. The van der Waals surface area contributed by atoms with Gasteiger partial charge in [0.1, 0.15) is 0 Å². The van der Waals surface area contributed by atoms with Gasteiger partial charge in [0.15, 0.2) is 0 Å². The molecule has 1 aliphatic heterocycles. The Bertz CT molecular complexity index is 275. The lowest BCUT2D eigenvalue weighted by Crippen LogP contribution is -2.44. The number of carbonyl (C=O) groups excluding carboxylic acids is 1. The highest BCUT2D eigenvalue weighted by Crippen LogP contribution is 2.15. The van der Waals surface area contributed by atoms with Crippen molar-refractivity contribution < 1.29 is 9.90 Å². The highest BCUT2D eigenvalue weighted by atomic mass is 16.3. The van der Waals surface area contributed by atoms with E-state index in [0.29, 0.717) is 19.5 Å². The van der Waals surface area contributed by atoms with Crippen LogP contribution in [0.4, 0.5) is 0 Å². The number of nitrogens with one attached hydrogen (secondary N) is 1. The first kappa shape index (κ1) is 13.9. The van der Waals surface area contributed by atoms with Crippen molar-refractivity contribution in [2.45, 2.75) is 38.1 Å². The van der Waals surface area contributed by atoms with E-state index in [9.17, 15) is 9.90 Å². The van der Waals surface area contributed by atoms with Crippen LogP contribution in [-0.4, -0.2) is 48.2 Å². The third kappa shape index (κ3) is 5.16. The van der Waals surface area contributed by atoms with Crippen molar-refractivity contribution >= 4 is 5.91 Å². The Balaban J connectivity index is 2.35. The largest absolute Gasteiger partial charge is 0.395 e. The molecular formula is C12H21N3O2. The summed E-state index contributed by atoms with van der Waals surface area (Å²) < 4.78 is 0. The Morgan fingerprint density at radius 2 is 2.29 bits per heavy atom. The molecule has 0 saturated carbocycles. The van der Waals surface area contributed by atoms with Gasteiger partial charge in [-0.05, 0) is 19.4 Å². The Kier molecular flexibility index (Phi) is 6.60. The monoisotopic (exact) mass is 239 g/mol. The van der Waals surface area contributed by atoms with Crippen LogP contribution in [0, 0.1) is 11.3 Å². The van der Waals surface area contributed by atoms with Crippen molar-refractivity contribution in [2.75, 3.05) is 26.2 Å². The zero-order valence-electron chi connectivity index (χ0n) is 10.2. The van der Waals surface area contributed by atoms with Gasteiger partial charge in [-0.25, -0.2) is 0 Å². The van der Waals surface area contributed by atoms with Gasteiger partial charge in [0.05, 0.1) is 25.6 Å². The number of carbonyl (C=O) groups is 1. The fourth-order valence-corrected chi connectivity index (χ4v) is 2.15. The standard InChI is InChI=1S/C12H21N3O2/c13-6-4-7-14-12(17)9-15-8-3-1-2-5-11(15)10-16/h11,16H,1-5,7-10H2,(H,14,17). The average Bonchev–Trinajstić information content (AvgIpc) is 2.54. The molecule has 1 saturated heterocycles. The summed E-state index contributed by atoms with van der Waals surface area (Å²) in [6, 6.07) is 2.10. The maximum absolute atomic E-state index is 11.6. The molecule has 96 valence electrons. The highest BCUT2D eigenvalue weighted by molar-refractivity contribution is 5.78. The summed E-state index contributed by atoms with van der Waals surface area (Å²) in [4.78, 5) is 13.7. The molecule has 5 nitrogen and oxygen atoms in total. The van der Waals surface area contributed by atoms with Gasteiger partial charge in [-0.2, -0.15) is 5.26 Å². The zero-order chi connectivity index (χ0) is 12.5. The van der Waals surface area contributed by atoms with Crippen LogP contribution in [0.3, 0.4) is 0 Å². The van der Waals surface area contributed by atoms with Crippen LogP contribution >= 0.6 is 0 Å². The second kappa shape index (κ2) is 8.04. The van der Waals surface area contributed by atoms with Gasteiger partial charge >= 0.3 is 0 Å². The first-order chi connectivity index (χ1) is 8.27. The van der Waals surface area contributed by atoms with Crippen molar-refractivity contribution in [1.29, 1.82) is 5.26 Å². The molecule has 1 amide bonds. The van der Waals surface area contributed by atoms with Gasteiger partial charge in [-0.1, -0.05) is 12.8 Å². The summed E-state index contributed by atoms with van der Waals surface area (Å²) in [6.45, 7) is 1.73. The first-order valence-electron chi connectivity index (χ1n) is 6.26. The lowest BCUT2D eigenvalue weighted by atomic mass is 10.1. The van der Waals surface area contributed by atoms with Crippen LogP contribution in [0.5, 0.6) is 0 Å². The number of amides is 1. The molecule has 1 aliphatic rings. The smallest absolute Gasteiger partial charge is 0.234 e. The Morgan fingerprint density at radius 1 is 1.47 bits per heavy atom. The molecule has 1 heterocycles. The van der Waals surface area contributed by atoms with Crippen LogP contribution in [0.2, 0.25) is 0 Å². The van der Waals surface area contributed by atoms with E-state index in [1.807, 2.05) is 6.07 Å². The van der Waals surface area contributed by atoms with Crippen molar-refractivity contribution in [2.24, 2.45) is 0 Å². The Hall–Kier alpha value is -1.12. The third-order valence-corrected chi connectivity index (χ3v) is 3.12. The van der Waals surface area contributed by atoms with Gasteiger partial charge in [-0.15, -0.1) is 0 Å². The average molecular weight is 239 g/mol. The van der Waals surface area contributed by atoms with E-state index >= 15 is 0 Å². The van der Waals surface area contributed by atoms with E-state index < -0.39 is 0 Å². The molecule has 0 aliphatic carbocycles. The zero-order valence-corrected chi connectivity index (χ0v) is 10.2. The van der Waals surface area contributed by atoms with E-state index in [0.717, 1.165) is 25.8 Å². The van der Waals surface area contributed by atoms with Crippen LogP contribution < -0.4 is 5.32 Å². The molecule has 0 radical (unpaired) electrons. The third-order valence-electron chi connectivity index (χ3n) is 3.12. The summed E-state index contributed by atoms with van der Waals surface area (Å²) in [7, 11) is 0. The number of likely N-dealkylation sites (tertiary alicyclic amines) is 1. The molecule has 1 atom stereocenters. The highest BCUT2D eigenvalue weighted by Gasteiger charge is 2.21. The minimum absolute atomic E-state index is 0.0550. The van der Waals surface area contributed by atoms with Crippen LogP contribution in [0.25, 0.3) is 0 Å². The normalized spacial score (nSPS) is 21.5. The van der Waals surface area contributed by atoms with Crippen molar-refractivity contribution in [3.05, 3.63) is 0 Å². The summed E-state index contributed by atoms with van der Waals surface area (Å²) in [5.74, 6) is -0.0550. The molecule has 5 heteroatoms. The summed E-state index contributed by atoms with van der Waals surface area (Å²) in [6.07, 6.45) is 4.68. The topological polar surface area (TPSA) is 76.4 Å². The molecule has 1 unspecified atom stereocenters. The maximum Gasteiger partial charge on any atom is 0.234 e. The summed E-state index contributed by atoms with van der Waals surface area (Å²) >= 11 is 0. The minimum atomic E-state index is -0.0550. The Morgan fingerprint density at radius 3 is 3.00 bits per heavy atom. The molecule has 1 fully saturated rings. The molecule has 17 heavy (non-hydrogen) atoms. The molecule has 0 aromatic carbocycles. The van der Waals surface area contributed by atoms with E-state index in [1.54, 1.807) is 0 Å². The van der Waals surface area contributed by atoms with Crippen LogP contribution in [0.1, 0.15) is 32.1 Å². The molecule has 2 N–H and O–H groups in total. The van der Waals surface area contributed by atoms with Gasteiger partial charge in [0.2, 0.25) is 5.91 Å². The van der Waals surface area contributed by atoms with Crippen LogP contribution in [0.15, 0.2) is 0 Å². The SMILES string of the molecule is N#CCCNC(=O)CN1CCCCCC1CO. The Labute approximate surface area is 102 Å². The molecule has 0 aromatic rings. The van der Waals surface area contributed by atoms with Crippen molar-refractivity contribution in [3.63, 3.8) is 0 Å². The molecule has 0 bridgehead atoms. The second-order valence-electron chi connectivity index (χ2n) is 4.41. The quantitative estimate of drug-likeness (QED) is 0.674. The molecule has 0 aromatic heterocycles. The molecule has 0 spiro atoms. The number of nitrogens with zero attached hydrogens (tertiary/aromatic N) is 2. The second-order valence-corrected chi connectivity index (χ2v) is 4.41. The van der Waals surface area contributed by atoms with Crippen LogP contribution in [-0.2, 0) is 4.79 Å². The number of hydrogen-bond acceptors (Lipinski definition) is 4. The number of aliphatic hydroxyl groups is 1. The number of aliphatic hydroxyl groups excluding tert-OH is 1.